The van der Waals surface area contributed by atoms with Gasteiger partial charge in [-0.1, -0.05) is 30.3 Å². The van der Waals surface area contributed by atoms with Crippen molar-refractivity contribution in [1.82, 2.24) is 24.8 Å². The summed E-state index contributed by atoms with van der Waals surface area (Å²) in [5.74, 6) is 1.14. The zero-order valence-corrected chi connectivity index (χ0v) is 19.0. The average molecular weight is 452 g/mol. The second-order valence-corrected chi connectivity index (χ2v) is 8.59. The number of ether oxygens (including phenoxy) is 1. The number of fused-ring (bicyclic) bond motifs is 1. The molecule has 4 aromatic rings. The molecule has 1 aromatic carbocycles. The number of aromatic nitrogens is 5. The molecule has 3 aromatic heterocycles. The van der Waals surface area contributed by atoms with E-state index in [9.17, 15) is 5.11 Å². The second-order valence-electron chi connectivity index (χ2n) is 8.59. The van der Waals surface area contributed by atoms with Gasteiger partial charge in [-0.25, -0.2) is 14.6 Å². The van der Waals surface area contributed by atoms with Gasteiger partial charge in [-0.05, 0) is 49.5 Å². The fourth-order valence-corrected chi connectivity index (χ4v) is 3.65. The third kappa shape index (κ3) is 4.96. The summed E-state index contributed by atoms with van der Waals surface area (Å²) in [6.07, 6.45) is 1.01. The van der Waals surface area contributed by atoms with E-state index in [2.05, 4.69) is 10.3 Å². The monoisotopic (exact) mass is 451 g/mol. The van der Waals surface area contributed by atoms with E-state index >= 15 is 0 Å². The first-order valence-electron chi connectivity index (χ1n) is 10.9. The molecule has 33 heavy (non-hydrogen) atoms. The van der Waals surface area contributed by atoms with Crippen molar-refractivity contribution in [2.24, 2.45) is 5.73 Å². The van der Waals surface area contributed by atoms with Crippen LogP contribution in [0.1, 0.15) is 44.5 Å². The Hall–Kier alpha value is -3.50. The number of nitrogen functional groups attached to an aromatic ring is 1. The van der Waals surface area contributed by atoms with Crippen LogP contribution < -0.4 is 16.2 Å². The summed E-state index contributed by atoms with van der Waals surface area (Å²) in [6.45, 7) is 6.40. The van der Waals surface area contributed by atoms with E-state index in [0.29, 0.717) is 48.0 Å². The summed E-state index contributed by atoms with van der Waals surface area (Å²) < 4.78 is 12.8. The van der Waals surface area contributed by atoms with Gasteiger partial charge in [0.2, 0.25) is 5.88 Å². The van der Waals surface area contributed by atoms with Crippen LogP contribution in [0, 0.1) is 0 Å². The fraction of sp³-hybridized carbons (Fsp3) is 0.391. The third-order valence-corrected chi connectivity index (χ3v) is 5.44. The highest BCUT2D eigenvalue weighted by Gasteiger charge is 2.23. The number of anilines is 1. The Morgan fingerprint density at radius 3 is 2.58 bits per heavy atom. The molecule has 0 fully saturated rings. The van der Waals surface area contributed by atoms with E-state index in [-0.39, 0.29) is 18.5 Å². The van der Waals surface area contributed by atoms with Crippen LogP contribution in [0.3, 0.4) is 0 Å². The van der Waals surface area contributed by atoms with Crippen molar-refractivity contribution in [2.75, 3.05) is 12.3 Å². The van der Waals surface area contributed by atoms with Crippen LogP contribution in [0.2, 0.25) is 0 Å². The topological polar surface area (TPSA) is 151 Å². The maximum Gasteiger partial charge on any atom is 0.215 e. The number of aliphatic hydroxyl groups is 1. The lowest BCUT2D eigenvalue weighted by Gasteiger charge is -2.17. The van der Waals surface area contributed by atoms with Gasteiger partial charge in [0.25, 0.3) is 0 Å². The first-order valence-corrected chi connectivity index (χ1v) is 10.9. The molecule has 0 bridgehead atoms. The number of aryl methyl sites for hydroxylation is 2. The molecule has 0 aliphatic rings. The van der Waals surface area contributed by atoms with Crippen molar-refractivity contribution in [2.45, 2.75) is 51.8 Å². The zero-order valence-electron chi connectivity index (χ0n) is 19.0. The molecule has 3 heterocycles. The molecule has 10 nitrogen and oxygen atoms in total. The number of hydrogen-bond donors (Lipinski definition) is 3. The van der Waals surface area contributed by atoms with Gasteiger partial charge in [0.05, 0.1) is 22.9 Å². The Morgan fingerprint density at radius 2 is 1.94 bits per heavy atom. The Morgan fingerprint density at radius 1 is 1.18 bits per heavy atom. The van der Waals surface area contributed by atoms with Crippen LogP contribution in [0.5, 0.6) is 5.88 Å². The number of rotatable bonds is 9. The minimum atomic E-state index is -0.850. The first kappa shape index (κ1) is 22.7. The van der Waals surface area contributed by atoms with Crippen molar-refractivity contribution >= 4 is 16.9 Å². The maximum atomic E-state index is 10.3. The number of pyridine rings is 1. The number of imidazole rings is 1. The van der Waals surface area contributed by atoms with Crippen molar-refractivity contribution in [3.05, 3.63) is 47.7 Å². The van der Waals surface area contributed by atoms with Crippen LogP contribution in [0.25, 0.3) is 22.6 Å². The molecule has 5 N–H and O–H groups in total. The van der Waals surface area contributed by atoms with Crippen LogP contribution in [-0.2, 0) is 13.0 Å². The van der Waals surface area contributed by atoms with Gasteiger partial charge in [0.1, 0.15) is 12.1 Å². The molecule has 10 heteroatoms. The largest absolute Gasteiger partial charge is 0.476 e. The number of benzene rings is 1. The lowest BCUT2D eigenvalue weighted by Crippen LogP contribution is -2.20. The van der Waals surface area contributed by atoms with Gasteiger partial charge >= 0.3 is 0 Å². The van der Waals surface area contributed by atoms with Gasteiger partial charge in [0, 0.05) is 12.6 Å². The summed E-state index contributed by atoms with van der Waals surface area (Å²) in [5, 5.41) is 17.9. The van der Waals surface area contributed by atoms with Gasteiger partial charge in [0.15, 0.2) is 17.3 Å². The van der Waals surface area contributed by atoms with E-state index in [1.807, 2.05) is 47.9 Å². The van der Waals surface area contributed by atoms with E-state index in [1.54, 1.807) is 13.8 Å². The number of hydrogen-bond acceptors (Lipinski definition) is 9. The minimum Gasteiger partial charge on any atom is -0.476 e. The Labute approximate surface area is 191 Å². The van der Waals surface area contributed by atoms with E-state index in [0.717, 1.165) is 11.1 Å². The van der Waals surface area contributed by atoms with Crippen LogP contribution >= 0.6 is 0 Å². The molecule has 4 rings (SSSR count). The van der Waals surface area contributed by atoms with Gasteiger partial charge in [-0.15, -0.1) is 0 Å². The van der Waals surface area contributed by atoms with Crippen molar-refractivity contribution in [3.8, 4) is 17.4 Å². The molecular formula is C23H29N7O3. The number of nitrogens with two attached hydrogens (primary N) is 2. The number of nitrogens with zero attached hydrogens (tertiary/aromatic N) is 5. The molecule has 174 valence electrons. The van der Waals surface area contributed by atoms with Crippen LogP contribution in [-0.4, -0.2) is 42.2 Å². The molecule has 0 aliphatic heterocycles. The zero-order chi connectivity index (χ0) is 23.6. The van der Waals surface area contributed by atoms with E-state index < -0.39 is 5.60 Å². The summed E-state index contributed by atoms with van der Waals surface area (Å²) in [6, 6.07) is 11.3. The lowest BCUT2D eigenvalue weighted by atomic mass is 10.0. The molecule has 0 spiro atoms. The highest BCUT2D eigenvalue weighted by molar-refractivity contribution is 5.84. The molecule has 0 amide bonds. The maximum absolute atomic E-state index is 10.3. The van der Waals surface area contributed by atoms with Crippen molar-refractivity contribution in [3.63, 3.8) is 0 Å². The molecule has 0 saturated carbocycles. The van der Waals surface area contributed by atoms with Crippen molar-refractivity contribution in [1.29, 1.82) is 0 Å². The van der Waals surface area contributed by atoms with Crippen LogP contribution in [0.15, 0.2) is 41.0 Å². The molecule has 0 unspecified atom stereocenters. The Balaban J connectivity index is 1.73. The summed E-state index contributed by atoms with van der Waals surface area (Å²) in [5.41, 5.74) is 15.0. The SMILES string of the molecule is CCn1c(-c2nonc2N)nc2c(CCC(C)(C)O)nc(OC[C@@H](N)c3ccccc3)cc21. The lowest BCUT2D eigenvalue weighted by molar-refractivity contribution is 0.0711. The Bertz CT molecular complexity index is 1230. The molecule has 1 atom stereocenters. The smallest absolute Gasteiger partial charge is 0.215 e. The standard InChI is InChI=1S/C23H29N7O3/c1-4-30-17-12-18(32-13-15(24)14-8-6-5-7-9-14)26-16(10-11-23(2,3)31)19(17)27-22(30)20-21(25)29-33-28-20/h5-9,12,15,31H,4,10-11,13,24H2,1-3H3,(H2,25,29)/t15-/m1/s1. The minimum absolute atomic E-state index is 0.163. The van der Waals surface area contributed by atoms with Gasteiger partial charge in [-0.3, -0.25) is 0 Å². The van der Waals surface area contributed by atoms with Crippen LogP contribution in [0.4, 0.5) is 5.82 Å². The molecule has 0 aliphatic carbocycles. The predicted molar refractivity (Wildman–Crippen MR) is 124 cm³/mol. The quantitative estimate of drug-likeness (QED) is 0.349. The normalized spacial score (nSPS) is 12.9. The highest BCUT2D eigenvalue weighted by atomic mass is 16.6. The molecule has 0 saturated heterocycles. The molecular weight excluding hydrogens is 422 g/mol. The van der Waals surface area contributed by atoms with Crippen molar-refractivity contribution < 1.29 is 14.5 Å². The molecule has 0 radical (unpaired) electrons. The predicted octanol–water partition coefficient (Wildman–Crippen LogP) is 2.87. The van der Waals surface area contributed by atoms with Gasteiger partial charge < -0.3 is 25.9 Å². The van der Waals surface area contributed by atoms with Gasteiger partial charge in [-0.2, -0.15) is 0 Å². The summed E-state index contributed by atoms with van der Waals surface area (Å²) >= 11 is 0. The third-order valence-electron chi connectivity index (χ3n) is 5.44. The van der Waals surface area contributed by atoms with E-state index in [1.165, 1.54) is 0 Å². The average Bonchev–Trinajstić information content (AvgIpc) is 3.38. The fourth-order valence-electron chi connectivity index (χ4n) is 3.65. The van der Waals surface area contributed by atoms with E-state index in [4.69, 9.17) is 30.8 Å². The highest BCUT2D eigenvalue weighted by Crippen LogP contribution is 2.31. The first-order chi connectivity index (χ1) is 15.8. The summed E-state index contributed by atoms with van der Waals surface area (Å²) in [4.78, 5) is 9.47. The Kier molecular flexibility index (Phi) is 6.30. The summed E-state index contributed by atoms with van der Waals surface area (Å²) in [7, 11) is 0. The second kappa shape index (κ2) is 9.16.